The van der Waals surface area contributed by atoms with Crippen LogP contribution in [0.4, 0.5) is 0 Å². The highest BCUT2D eigenvalue weighted by Gasteiger charge is 2.06. The number of ketones is 1. The number of carbonyl (C=O) groups is 1. The Morgan fingerprint density at radius 3 is 2.47 bits per heavy atom. The third-order valence-corrected chi connectivity index (χ3v) is 3.71. The van der Waals surface area contributed by atoms with Gasteiger partial charge in [-0.15, -0.1) is 11.8 Å². The Bertz CT molecular complexity index is 602. The third-order valence-electron chi connectivity index (χ3n) is 2.72. The molecule has 0 aliphatic rings. The van der Waals surface area contributed by atoms with E-state index in [-0.39, 0.29) is 5.78 Å². The minimum atomic E-state index is 0.125. The number of Topliss-reactive ketones (excluding diaryl/α,β-unsaturated/α-hetero) is 1. The molecule has 0 unspecified atom stereocenters. The van der Waals surface area contributed by atoms with Crippen LogP contribution in [0.2, 0.25) is 0 Å². The Balaban J connectivity index is 1.91. The summed E-state index contributed by atoms with van der Waals surface area (Å²) in [5.41, 5.74) is 2.40. The molecule has 0 spiro atoms. The molecule has 0 aliphatic heterocycles. The zero-order valence-electron chi connectivity index (χ0n) is 10.4. The fourth-order valence-corrected chi connectivity index (χ4v) is 2.64. The molecule has 2 rings (SSSR count). The van der Waals surface area contributed by atoms with Crippen molar-refractivity contribution in [2.75, 3.05) is 5.75 Å². The molecule has 0 aliphatic carbocycles. The second-order valence-corrected chi connectivity index (χ2v) is 5.04. The van der Waals surface area contributed by atoms with Crippen LogP contribution >= 0.6 is 11.8 Å². The summed E-state index contributed by atoms with van der Waals surface area (Å²) < 4.78 is 0. The lowest BCUT2D eigenvalue weighted by atomic mass is 10.1. The second kappa shape index (κ2) is 6.77. The smallest absolute Gasteiger partial charge is 0.172 e. The standard InChI is InChI=1S/C16H13NOS/c17-10-14-8-4-5-9-15(14)11-19-12-16(18)13-6-2-1-3-7-13/h1-9H,11-12H2. The summed E-state index contributed by atoms with van der Waals surface area (Å²) in [4.78, 5) is 11.9. The summed E-state index contributed by atoms with van der Waals surface area (Å²) in [5.74, 6) is 1.24. The maximum atomic E-state index is 11.9. The summed E-state index contributed by atoms with van der Waals surface area (Å²) in [6.07, 6.45) is 0. The number of hydrogen-bond acceptors (Lipinski definition) is 3. The van der Waals surface area contributed by atoms with Gasteiger partial charge in [0, 0.05) is 11.3 Å². The lowest BCUT2D eigenvalue weighted by molar-refractivity contribution is 0.102. The van der Waals surface area contributed by atoms with E-state index in [1.165, 1.54) is 11.8 Å². The molecule has 0 amide bonds. The van der Waals surface area contributed by atoms with E-state index in [1.54, 1.807) is 6.07 Å². The van der Waals surface area contributed by atoms with Crippen molar-refractivity contribution in [1.82, 2.24) is 0 Å². The molecule has 2 aromatic carbocycles. The monoisotopic (exact) mass is 267 g/mol. The zero-order valence-corrected chi connectivity index (χ0v) is 11.2. The molecule has 3 heteroatoms. The van der Waals surface area contributed by atoms with Crippen LogP contribution < -0.4 is 0 Å². The summed E-state index contributed by atoms with van der Waals surface area (Å²) in [6, 6.07) is 18.9. The maximum Gasteiger partial charge on any atom is 0.172 e. The average Bonchev–Trinajstić information content (AvgIpc) is 2.48. The van der Waals surface area contributed by atoms with Gasteiger partial charge in [0.1, 0.15) is 0 Å². The van der Waals surface area contributed by atoms with Crippen LogP contribution in [-0.4, -0.2) is 11.5 Å². The first kappa shape index (κ1) is 13.4. The van der Waals surface area contributed by atoms with Crippen molar-refractivity contribution in [2.45, 2.75) is 5.75 Å². The first-order valence-corrected chi connectivity index (χ1v) is 7.10. The van der Waals surface area contributed by atoms with Gasteiger partial charge in [0.25, 0.3) is 0 Å². The van der Waals surface area contributed by atoms with Crippen LogP contribution in [-0.2, 0) is 5.75 Å². The van der Waals surface area contributed by atoms with Crippen LogP contribution in [0, 0.1) is 11.3 Å². The Morgan fingerprint density at radius 2 is 1.74 bits per heavy atom. The molecule has 0 saturated heterocycles. The fourth-order valence-electron chi connectivity index (χ4n) is 1.72. The van der Waals surface area contributed by atoms with E-state index in [0.29, 0.717) is 17.1 Å². The highest BCUT2D eigenvalue weighted by atomic mass is 32.2. The van der Waals surface area contributed by atoms with Crippen molar-refractivity contribution in [1.29, 1.82) is 5.26 Å². The van der Waals surface area contributed by atoms with E-state index in [4.69, 9.17) is 5.26 Å². The van der Waals surface area contributed by atoms with Gasteiger partial charge in [-0.25, -0.2) is 0 Å². The van der Waals surface area contributed by atoms with Gasteiger partial charge in [-0.3, -0.25) is 4.79 Å². The number of thioether (sulfide) groups is 1. The molecule has 0 N–H and O–H groups in total. The Kier molecular flexibility index (Phi) is 4.77. The number of benzene rings is 2. The van der Waals surface area contributed by atoms with Gasteiger partial charge < -0.3 is 0 Å². The predicted molar refractivity (Wildman–Crippen MR) is 78.1 cm³/mol. The van der Waals surface area contributed by atoms with E-state index in [1.807, 2.05) is 48.5 Å². The molecule has 2 aromatic rings. The van der Waals surface area contributed by atoms with Crippen LogP contribution in [0.1, 0.15) is 21.5 Å². The highest BCUT2D eigenvalue weighted by molar-refractivity contribution is 7.99. The molecule has 0 heterocycles. The van der Waals surface area contributed by atoms with Crippen LogP contribution in [0.25, 0.3) is 0 Å². The van der Waals surface area contributed by atoms with Gasteiger partial charge in [0.05, 0.1) is 17.4 Å². The van der Waals surface area contributed by atoms with Crippen molar-refractivity contribution in [3.05, 3.63) is 71.3 Å². The van der Waals surface area contributed by atoms with Crippen LogP contribution in [0.5, 0.6) is 0 Å². The summed E-state index contributed by atoms with van der Waals surface area (Å²) >= 11 is 1.54. The highest BCUT2D eigenvalue weighted by Crippen LogP contribution is 2.17. The zero-order chi connectivity index (χ0) is 13.5. The quantitative estimate of drug-likeness (QED) is 0.776. The largest absolute Gasteiger partial charge is 0.293 e. The van der Waals surface area contributed by atoms with Crippen LogP contribution in [0.3, 0.4) is 0 Å². The lowest BCUT2D eigenvalue weighted by Gasteiger charge is -2.03. The second-order valence-electron chi connectivity index (χ2n) is 4.05. The van der Waals surface area contributed by atoms with Crippen molar-refractivity contribution >= 4 is 17.5 Å². The molecule has 2 nitrogen and oxygen atoms in total. The molecule has 0 saturated carbocycles. The minimum Gasteiger partial charge on any atom is -0.293 e. The number of nitrogens with zero attached hydrogens (tertiary/aromatic N) is 1. The number of hydrogen-bond donors (Lipinski definition) is 0. The Hall–Kier alpha value is -2.05. The average molecular weight is 267 g/mol. The van der Waals surface area contributed by atoms with Gasteiger partial charge in [0.15, 0.2) is 5.78 Å². The third kappa shape index (κ3) is 3.70. The fraction of sp³-hybridized carbons (Fsp3) is 0.125. The topological polar surface area (TPSA) is 40.9 Å². The van der Waals surface area contributed by atoms with Crippen LogP contribution in [0.15, 0.2) is 54.6 Å². The van der Waals surface area contributed by atoms with Crippen molar-refractivity contribution < 1.29 is 4.79 Å². The molecule has 94 valence electrons. The number of rotatable bonds is 5. The first-order valence-electron chi connectivity index (χ1n) is 5.95. The number of nitriles is 1. The number of carbonyl (C=O) groups excluding carboxylic acids is 1. The van der Waals surface area contributed by atoms with E-state index < -0.39 is 0 Å². The first-order chi connectivity index (χ1) is 9.31. The molecule has 0 bridgehead atoms. The van der Waals surface area contributed by atoms with E-state index in [2.05, 4.69) is 6.07 Å². The van der Waals surface area contributed by atoms with E-state index >= 15 is 0 Å². The Morgan fingerprint density at radius 1 is 1.05 bits per heavy atom. The predicted octanol–water partition coefficient (Wildman–Crippen LogP) is 3.67. The van der Waals surface area contributed by atoms with Gasteiger partial charge >= 0.3 is 0 Å². The normalized spacial score (nSPS) is 9.84. The van der Waals surface area contributed by atoms with Crippen molar-refractivity contribution in [3.63, 3.8) is 0 Å². The summed E-state index contributed by atoms with van der Waals surface area (Å²) in [7, 11) is 0. The van der Waals surface area contributed by atoms with Crippen molar-refractivity contribution in [3.8, 4) is 6.07 Å². The van der Waals surface area contributed by atoms with Crippen molar-refractivity contribution in [2.24, 2.45) is 0 Å². The molecule has 19 heavy (non-hydrogen) atoms. The van der Waals surface area contributed by atoms with Gasteiger partial charge in [-0.2, -0.15) is 5.26 Å². The van der Waals surface area contributed by atoms with Gasteiger partial charge in [-0.1, -0.05) is 48.5 Å². The SMILES string of the molecule is N#Cc1ccccc1CSCC(=O)c1ccccc1. The molecule has 0 atom stereocenters. The van der Waals surface area contributed by atoms with Gasteiger partial charge in [0.2, 0.25) is 0 Å². The maximum absolute atomic E-state index is 11.9. The molecular weight excluding hydrogens is 254 g/mol. The summed E-state index contributed by atoms with van der Waals surface area (Å²) in [5, 5.41) is 8.98. The summed E-state index contributed by atoms with van der Waals surface area (Å²) in [6.45, 7) is 0. The molecule has 0 radical (unpaired) electrons. The van der Waals surface area contributed by atoms with E-state index in [9.17, 15) is 4.79 Å². The molecule has 0 aromatic heterocycles. The van der Waals surface area contributed by atoms with E-state index in [0.717, 1.165) is 11.1 Å². The molecule has 0 fully saturated rings. The Labute approximate surface area is 117 Å². The minimum absolute atomic E-state index is 0.125. The van der Waals surface area contributed by atoms with Gasteiger partial charge in [-0.05, 0) is 11.6 Å². The lowest BCUT2D eigenvalue weighted by Crippen LogP contribution is -2.02. The molecular formula is C16H13NOS.